The van der Waals surface area contributed by atoms with E-state index in [1.54, 1.807) is 0 Å². The highest BCUT2D eigenvalue weighted by molar-refractivity contribution is 6.37. The van der Waals surface area contributed by atoms with Crippen LogP contribution >= 0.6 is 0 Å². The topological polar surface area (TPSA) is 64.4 Å². The summed E-state index contributed by atoms with van der Waals surface area (Å²) in [7, 11) is 0. The molecule has 0 aliphatic rings. The first-order chi connectivity index (χ1) is 38.3. The maximum atomic E-state index is 12.8. The van der Waals surface area contributed by atoms with Crippen molar-refractivity contribution in [3.8, 4) is 45.4 Å². The van der Waals surface area contributed by atoms with Crippen molar-refractivity contribution in [2.45, 2.75) is 0 Å². The minimum atomic E-state index is 0.564. The largest absolute Gasteiger partial charge is 0.308 e. The first-order valence-electron chi connectivity index (χ1n) is 26.2. The van der Waals surface area contributed by atoms with Crippen molar-refractivity contribution in [2.75, 3.05) is 0 Å². The van der Waals surface area contributed by atoms with E-state index in [1.807, 2.05) is 24.7 Å². The lowest BCUT2D eigenvalue weighted by Crippen LogP contribution is -2.13. The van der Waals surface area contributed by atoms with Crippen molar-refractivity contribution in [3.05, 3.63) is 236 Å². The minimum Gasteiger partial charge on any atom is -0.308 e. The molecule has 5 heterocycles. The molecule has 6 heteroatoms. The number of hydrogen-bond donors (Lipinski definition) is 0. The fraction of sp³-hybridized carbons (Fsp3) is 0. The van der Waals surface area contributed by atoms with E-state index in [1.165, 1.54) is 37.7 Å². The van der Waals surface area contributed by atoms with Crippen LogP contribution in [0.15, 0.2) is 231 Å². The Kier molecular flexibility index (Phi) is 7.84. The van der Waals surface area contributed by atoms with Gasteiger partial charge < -0.3 is 13.7 Å². The number of rotatable bonds is 5. The molecule has 0 aliphatic carbocycles. The normalized spacial score (nSPS) is 12.4. The van der Waals surface area contributed by atoms with Crippen LogP contribution in [-0.4, -0.2) is 23.7 Å². The van der Waals surface area contributed by atoms with Crippen LogP contribution in [0.4, 0.5) is 0 Å². The predicted molar refractivity (Wildman–Crippen MR) is 319 cm³/mol. The second-order valence-corrected chi connectivity index (χ2v) is 20.6. The molecular weight excluding hydrogens is 937 g/mol. The first kappa shape index (κ1) is 40.8. The second kappa shape index (κ2) is 14.8. The highest BCUT2D eigenvalue weighted by Gasteiger charge is 2.35. The van der Waals surface area contributed by atoms with E-state index in [0.717, 1.165) is 132 Å². The van der Waals surface area contributed by atoms with Gasteiger partial charge in [-0.1, -0.05) is 164 Å². The lowest BCUT2D eigenvalue weighted by molar-refractivity contribution is 1.09. The third-order valence-electron chi connectivity index (χ3n) is 17.0. The van der Waals surface area contributed by atoms with Gasteiger partial charge in [0.2, 0.25) is 0 Å². The number of nitrogens with zero attached hydrogens (tertiary/aromatic N) is 6. The van der Waals surface area contributed by atoms with E-state index in [-0.39, 0.29) is 0 Å². The van der Waals surface area contributed by atoms with Gasteiger partial charge in [0.15, 0.2) is 0 Å². The van der Waals surface area contributed by atoms with Gasteiger partial charge in [-0.15, -0.1) is 0 Å². The van der Waals surface area contributed by atoms with Crippen LogP contribution in [0.2, 0.25) is 0 Å². The molecule has 0 fully saturated rings. The van der Waals surface area contributed by atoms with Crippen molar-refractivity contribution >= 4 is 130 Å². The molecule has 6 nitrogen and oxygen atoms in total. The van der Waals surface area contributed by atoms with Gasteiger partial charge in [0.05, 0.1) is 55.7 Å². The van der Waals surface area contributed by atoms with Gasteiger partial charge in [0.1, 0.15) is 11.6 Å². The quantitative estimate of drug-likeness (QED) is 0.161. The fourth-order valence-electron chi connectivity index (χ4n) is 14.2. The van der Waals surface area contributed by atoms with Gasteiger partial charge in [-0.05, 0) is 103 Å². The first-order valence-corrected chi connectivity index (χ1v) is 26.2. The number of benzene rings is 13. The number of fused-ring (bicyclic) bond motifs is 9. The van der Waals surface area contributed by atoms with E-state index in [2.05, 4.69) is 231 Å². The van der Waals surface area contributed by atoms with Crippen LogP contribution in [0.5, 0.6) is 0 Å². The lowest BCUT2D eigenvalue weighted by atomic mass is 9.88. The van der Waals surface area contributed by atoms with E-state index < -0.39 is 0 Å². The molecule has 0 saturated carbocycles. The minimum absolute atomic E-state index is 0.564. The van der Waals surface area contributed by atoms with Crippen molar-refractivity contribution in [3.63, 3.8) is 0 Å². The standard InChI is InChI=1S/C71H38N6/c72-38-52-69(75-54-29-9-22-45-42-20-7-8-21-43(42)46-23-10-30-55(75)63(46)62(45)54)60(40-16-3-1-4-17-40)71(77-58-33-12-25-48-50-28-15-36-74-68(50)51-27-14-34-59(77)67(51)65(48)58)61(41-18-5-2-6-19-41)70(52)76-56-31-11-24-47-44-35-37-73-39-53(44)49-26-13-32-57(76)66(49)64(47)56/h1-37,39H. The Hall–Kier alpha value is -10.6. The number of hydrogen-bond acceptors (Lipinski definition) is 3. The van der Waals surface area contributed by atoms with E-state index in [0.29, 0.717) is 5.56 Å². The molecule has 352 valence electrons. The Labute approximate surface area is 438 Å². The molecule has 13 aromatic carbocycles. The summed E-state index contributed by atoms with van der Waals surface area (Å²) >= 11 is 0. The Balaban J connectivity index is 1.17. The predicted octanol–water partition coefficient (Wildman–Crippen LogP) is 18.2. The summed E-state index contributed by atoms with van der Waals surface area (Å²) in [5.74, 6) is 0. The Morgan fingerprint density at radius 3 is 1.13 bits per heavy atom. The maximum Gasteiger partial charge on any atom is 0.104 e. The number of pyridine rings is 2. The van der Waals surface area contributed by atoms with Gasteiger partial charge in [-0.25, -0.2) is 0 Å². The summed E-state index contributed by atoms with van der Waals surface area (Å²) in [6.07, 6.45) is 5.81. The molecule has 0 unspecified atom stereocenters. The highest BCUT2D eigenvalue weighted by atomic mass is 15.1. The van der Waals surface area contributed by atoms with E-state index in [4.69, 9.17) is 4.98 Å². The summed E-state index contributed by atoms with van der Waals surface area (Å²) in [5, 5.41) is 32.5. The zero-order valence-electron chi connectivity index (χ0n) is 41.1. The van der Waals surface area contributed by atoms with Crippen LogP contribution in [0.3, 0.4) is 0 Å². The van der Waals surface area contributed by atoms with Crippen molar-refractivity contribution in [2.24, 2.45) is 0 Å². The van der Waals surface area contributed by atoms with Gasteiger partial charge >= 0.3 is 0 Å². The summed E-state index contributed by atoms with van der Waals surface area (Å²) in [6, 6.07) is 80.1. The molecule has 77 heavy (non-hydrogen) atoms. The summed E-state index contributed by atoms with van der Waals surface area (Å²) < 4.78 is 7.41. The zero-order valence-corrected chi connectivity index (χ0v) is 41.1. The molecule has 18 rings (SSSR count). The molecule has 0 saturated heterocycles. The number of aromatic nitrogens is 5. The summed E-state index contributed by atoms with van der Waals surface area (Å²) in [4.78, 5) is 9.78. The molecule has 0 amide bonds. The summed E-state index contributed by atoms with van der Waals surface area (Å²) in [6.45, 7) is 0. The highest BCUT2D eigenvalue weighted by Crippen LogP contribution is 2.55. The molecule has 0 spiro atoms. The third-order valence-corrected chi connectivity index (χ3v) is 17.0. The molecule has 5 aromatic heterocycles. The van der Waals surface area contributed by atoms with Gasteiger partial charge in [0, 0.05) is 78.2 Å². The van der Waals surface area contributed by atoms with Crippen LogP contribution in [0.1, 0.15) is 5.56 Å². The second-order valence-electron chi connectivity index (χ2n) is 20.6. The van der Waals surface area contributed by atoms with E-state index >= 15 is 0 Å². The zero-order chi connectivity index (χ0) is 50.2. The molecule has 0 N–H and O–H groups in total. The molecular formula is C71H38N6. The average Bonchev–Trinajstić information content (AvgIpc) is 4.32. The van der Waals surface area contributed by atoms with Gasteiger partial charge in [-0.3, -0.25) is 9.97 Å². The smallest absolute Gasteiger partial charge is 0.104 e. The van der Waals surface area contributed by atoms with Crippen LogP contribution < -0.4 is 0 Å². The lowest BCUT2D eigenvalue weighted by Gasteiger charge is -2.28. The van der Waals surface area contributed by atoms with Gasteiger partial charge in [-0.2, -0.15) is 5.26 Å². The fourth-order valence-corrected chi connectivity index (χ4v) is 14.2. The Morgan fingerprint density at radius 2 is 0.662 bits per heavy atom. The molecule has 0 bridgehead atoms. The Bertz CT molecular complexity index is 5070. The number of nitriles is 1. The maximum absolute atomic E-state index is 12.8. The van der Waals surface area contributed by atoms with Crippen molar-refractivity contribution in [1.29, 1.82) is 5.26 Å². The molecule has 18 aromatic rings. The van der Waals surface area contributed by atoms with E-state index in [9.17, 15) is 5.26 Å². The molecule has 0 aliphatic heterocycles. The van der Waals surface area contributed by atoms with Crippen molar-refractivity contribution < 1.29 is 0 Å². The average molecular weight is 975 g/mol. The third kappa shape index (κ3) is 5.04. The van der Waals surface area contributed by atoms with Crippen LogP contribution in [0.25, 0.3) is 169 Å². The monoisotopic (exact) mass is 974 g/mol. The summed E-state index contributed by atoms with van der Waals surface area (Å²) in [5.41, 5.74) is 14.3. The van der Waals surface area contributed by atoms with Crippen molar-refractivity contribution in [1.82, 2.24) is 23.7 Å². The van der Waals surface area contributed by atoms with Crippen LogP contribution in [-0.2, 0) is 0 Å². The molecule has 0 atom stereocenters. The Morgan fingerprint density at radius 1 is 0.299 bits per heavy atom. The SMILES string of the molecule is N#Cc1c(-n2c3cccc4c5ccccc5c5cccc2c5c43)c(-c2ccccc2)c(-n2c3cccc4c5cccnc5c5cccc2c5c43)c(-c2ccccc2)c1-n1c2cccc3c4ccncc4c4cccc1c4c32. The molecule has 0 radical (unpaired) electrons. The van der Waals surface area contributed by atoms with Crippen LogP contribution in [0, 0.1) is 11.3 Å². The van der Waals surface area contributed by atoms with Gasteiger partial charge in [0.25, 0.3) is 0 Å².